The van der Waals surface area contributed by atoms with Crippen molar-refractivity contribution in [3.05, 3.63) is 211 Å². The minimum absolute atomic E-state index is 0.00125. The van der Waals surface area contributed by atoms with Gasteiger partial charge in [-0.2, -0.15) is 0 Å². The third-order valence-corrected chi connectivity index (χ3v) is 21.6. The molecule has 0 aliphatic rings. The lowest BCUT2D eigenvalue weighted by molar-refractivity contribution is 0.283. The number of hydrogen-bond donors (Lipinski definition) is 0. The molecule has 0 fully saturated rings. The lowest BCUT2D eigenvalue weighted by atomic mass is 9.72. The van der Waals surface area contributed by atoms with E-state index < -0.39 is 91.0 Å². The standard InChI is InChI=1S/C92H88F8N4O6/c1-85(2,3)41-89(13,14)45-21-29-49(30-22-45)107-57-37-53-61-55(83(105)103-79-75(99)71(95)69(93)73(97)77(79)101-81(53)103)40-60(110-52-35-27-48(28-36-52)92(19,20)44-88(10,11)12)66-64-58(108-50-31-23-46(24-32-50)90(15,16)42-86(4,5)6)38-54-62-56(84(106)104-80-76(100)72(96)70(94)74(98)78(80)102-82(54)104)39-59(65(68(62)64)63(57)67(61)66)109-51-33-25-47(26-34-51)91(17,18)43-87(7,8)9/h21-40H,41-44H2,1-20H3. The third kappa shape index (κ3) is 12.5. The zero-order valence-electron chi connectivity index (χ0n) is 65.6. The minimum atomic E-state index is -2.18. The lowest BCUT2D eigenvalue weighted by Gasteiger charge is -2.33. The zero-order valence-corrected chi connectivity index (χ0v) is 65.6. The van der Waals surface area contributed by atoms with Crippen molar-refractivity contribution in [3.8, 4) is 46.0 Å². The van der Waals surface area contributed by atoms with Gasteiger partial charge in [-0.05, 0) is 164 Å². The van der Waals surface area contributed by atoms with Gasteiger partial charge >= 0.3 is 0 Å². The average Bonchev–Trinajstić information content (AvgIpc) is 1.35. The second-order valence-electron chi connectivity index (χ2n) is 37.7. The summed E-state index contributed by atoms with van der Waals surface area (Å²) in [6.07, 6.45) is 3.16. The molecule has 0 unspecified atom stereocenters. The summed E-state index contributed by atoms with van der Waals surface area (Å²) in [5.41, 5.74) is -4.75. The van der Waals surface area contributed by atoms with Crippen LogP contribution in [0.25, 0.3) is 98.0 Å². The first-order valence-corrected chi connectivity index (χ1v) is 37.2. The van der Waals surface area contributed by atoms with Crippen LogP contribution in [0, 0.1) is 68.2 Å². The zero-order chi connectivity index (χ0) is 79.5. The van der Waals surface area contributed by atoms with E-state index >= 15 is 44.7 Å². The number of pyridine rings is 2. The summed E-state index contributed by atoms with van der Waals surface area (Å²) in [4.78, 5) is 41.4. The number of halogens is 8. The van der Waals surface area contributed by atoms with Gasteiger partial charge in [-0.3, -0.25) is 18.4 Å². The molecule has 15 rings (SSSR count). The summed E-state index contributed by atoms with van der Waals surface area (Å²) in [6, 6.07) is 35.7. The Morgan fingerprint density at radius 3 is 0.727 bits per heavy atom. The molecule has 0 bridgehead atoms. The van der Waals surface area contributed by atoms with Crippen molar-refractivity contribution >= 4 is 98.0 Å². The Labute approximate surface area is 632 Å². The molecule has 0 N–H and O–H groups in total. The van der Waals surface area contributed by atoms with Gasteiger partial charge in [0.05, 0.1) is 10.8 Å². The van der Waals surface area contributed by atoms with Crippen LogP contribution in [0.3, 0.4) is 0 Å². The molecule has 0 saturated heterocycles. The molecule has 15 aromatic rings. The van der Waals surface area contributed by atoms with Crippen LogP contribution in [0.1, 0.15) is 186 Å². The molecule has 4 heterocycles. The molecule has 10 nitrogen and oxygen atoms in total. The van der Waals surface area contributed by atoms with Crippen LogP contribution in [0.4, 0.5) is 35.1 Å². The van der Waals surface area contributed by atoms with Crippen LogP contribution in [-0.2, 0) is 21.7 Å². The Bertz CT molecular complexity index is 6020. The van der Waals surface area contributed by atoms with E-state index in [0.717, 1.165) is 47.9 Å². The molecule has 0 amide bonds. The van der Waals surface area contributed by atoms with Crippen molar-refractivity contribution in [2.75, 3.05) is 0 Å². The first-order chi connectivity index (χ1) is 51.1. The smallest absolute Gasteiger partial charge is 0.265 e. The van der Waals surface area contributed by atoms with Crippen molar-refractivity contribution in [2.45, 2.75) is 186 Å². The predicted molar refractivity (Wildman–Crippen MR) is 424 cm³/mol. The summed E-state index contributed by atoms with van der Waals surface area (Å²) in [6.45, 7) is 43.1. The maximum absolute atomic E-state index is 16.9. The van der Waals surface area contributed by atoms with Gasteiger partial charge in [0.15, 0.2) is 46.5 Å². The summed E-state index contributed by atoms with van der Waals surface area (Å²) >= 11 is 0. The molecule has 0 saturated carbocycles. The van der Waals surface area contributed by atoms with E-state index in [9.17, 15) is 0 Å². The molecule has 0 radical (unpaired) electrons. The van der Waals surface area contributed by atoms with Gasteiger partial charge in [-0.15, -0.1) is 0 Å². The fraction of sp³-hybridized carbons (Fsp3) is 0.348. The monoisotopic (exact) mass is 1500 g/mol. The fourth-order valence-electron chi connectivity index (χ4n) is 18.6. The van der Waals surface area contributed by atoms with Crippen LogP contribution >= 0.6 is 0 Å². The van der Waals surface area contributed by atoms with Gasteiger partial charge in [-0.25, -0.2) is 45.1 Å². The molecule has 4 aromatic heterocycles. The highest BCUT2D eigenvalue weighted by molar-refractivity contribution is 6.45. The van der Waals surface area contributed by atoms with Gasteiger partial charge in [0.25, 0.3) is 11.1 Å². The highest BCUT2D eigenvalue weighted by Gasteiger charge is 2.38. The van der Waals surface area contributed by atoms with E-state index in [-0.39, 0.29) is 154 Å². The summed E-state index contributed by atoms with van der Waals surface area (Å²) < 4.78 is 161. The topological polar surface area (TPSA) is 106 Å². The molecule has 0 atom stereocenters. The summed E-state index contributed by atoms with van der Waals surface area (Å²) in [5.74, 6) is -15.4. The van der Waals surface area contributed by atoms with Gasteiger partial charge in [0, 0.05) is 53.9 Å². The predicted octanol–water partition coefficient (Wildman–Crippen LogP) is 26.4. The van der Waals surface area contributed by atoms with E-state index in [4.69, 9.17) is 18.9 Å². The second-order valence-corrected chi connectivity index (χ2v) is 37.7. The number of hydrogen-bond acceptors (Lipinski definition) is 8. The molecule has 110 heavy (non-hydrogen) atoms. The second kappa shape index (κ2) is 25.1. The number of imidazole rings is 2. The Morgan fingerprint density at radius 1 is 0.282 bits per heavy atom. The Morgan fingerprint density at radius 2 is 0.500 bits per heavy atom. The van der Waals surface area contributed by atoms with Crippen molar-refractivity contribution in [1.82, 2.24) is 18.8 Å². The van der Waals surface area contributed by atoms with Gasteiger partial charge in [0.2, 0.25) is 0 Å². The number of fused-ring (bicyclic) bond motifs is 10. The third-order valence-electron chi connectivity index (χ3n) is 21.6. The Kier molecular flexibility index (Phi) is 17.1. The van der Waals surface area contributed by atoms with Crippen LogP contribution in [-0.4, -0.2) is 18.8 Å². The van der Waals surface area contributed by atoms with Crippen molar-refractivity contribution in [2.24, 2.45) is 21.7 Å². The highest BCUT2D eigenvalue weighted by atomic mass is 19.2. The Hall–Kier alpha value is -10.4. The minimum Gasteiger partial charge on any atom is -0.457 e. The molecule has 568 valence electrons. The summed E-state index contributed by atoms with van der Waals surface area (Å²) in [5, 5.41) is 0.711. The molecular formula is C92H88F8N4O6. The van der Waals surface area contributed by atoms with Crippen molar-refractivity contribution in [1.29, 1.82) is 0 Å². The number of benzene rings is 11. The van der Waals surface area contributed by atoms with Crippen LogP contribution in [0.5, 0.6) is 46.0 Å². The maximum Gasteiger partial charge on any atom is 0.265 e. The average molecular weight is 1500 g/mol. The largest absolute Gasteiger partial charge is 0.457 e. The number of nitrogens with zero attached hydrogens (tertiary/aromatic N) is 4. The van der Waals surface area contributed by atoms with Crippen molar-refractivity contribution < 1.29 is 54.1 Å². The van der Waals surface area contributed by atoms with Crippen LogP contribution in [0.2, 0.25) is 0 Å². The molecule has 0 spiro atoms. The molecule has 0 aliphatic heterocycles. The van der Waals surface area contributed by atoms with E-state index in [2.05, 4.69) is 148 Å². The summed E-state index contributed by atoms with van der Waals surface area (Å²) in [7, 11) is 0. The quantitative estimate of drug-likeness (QED) is 0.0310. The molecule has 18 heteroatoms. The fourth-order valence-corrected chi connectivity index (χ4v) is 18.6. The SMILES string of the molecule is CC(C)(C)CC(C)(C)c1ccc(Oc2cc3c(=O)n4c(nc5c(F)c(F)c(F)c(F)c54)c4cc(Oc5ccc(C(C)(C)CC(C)(C)C)cc5)c5c6c(Oc7ccc(C(C)(C)CC(C)(C)C)cc7)cc7c(=O)n8c(nc9c(F)c(F)c(F)c(F)c98)c8cc(Oc9ccc(C(C)(C)CC(C)(C)C)cc9)c(c2c5c34)c6c78)cc1. The van der Waals surface area contributed by atoms with Crippen molar-refractivity contribution in [3.63, 3.8) is 0 Å². The number of aromatic nitrogens is 4. The van der Waals surface area contributed by atoms with E-state index in [1.165, 1.54) is 24.3 Å². The number of rotatable bonds is 16. The first-order valence-electron chi connectivity index (χ1n) is 37.2. The first kappa shape index (κ1) is 75.1. The molecule has 11 aromatic carbocycles. The molecule has 0 aliphatic carbocycles. The van der Waals surface area contributed by atoms with E-state index in [0.29, 0.717) is 8.80 Å². The van der Waals surface area contributed by atoms with E-state index in [1.54, 1.807) is 48.5 Å². The number of ether oxygens (including phenoxy) is 4. The van der Waals surface area contributed by atoms with Crippen LogP contribution in [0.15, 0.2) is 131 Å². The Balaban J connectivity index is 1.17. The lowest BCUT2D eigenvalue weighted by Crippen LogP contribution is -2.24. The normalized spacial score (nSPS) is 13.5. The van der Waals surface area contributed by atoms with Gasteiger partial charge in [0.1, 0.15) is 79.4 Å². The van der Waals surface area contributed by atoms with Gasteiger partial charge in [-0.1, -0.05) is 187 Å². The maximum atomic E-state index is 16.9. The molecular weight excluding hydrogens is 1410 g/mol. The highest BCUT2D eigenvalue weighted by Crippen LogP contribution is 2.59. The van der Waals surface area contributed by atoms with Gasteiger partial charge < -0.3 is 18.9 Å². The van der Waals surface area contributed by atoms with E-state index in [1.807, 2.05) is 48.5 Å². The van der Waals surface area contributed by atoms with Crippen LogP contribution < -0.4 is 30.1 Å².